The van der Waals surface area contributed by atoms with Gasteiger partial charge in [-0.2, -0.15) is 0 Å². The fourth-order valence-corrected chi connectivity index (χ4v) is 1.81. The Morgan fingerprint density at radius 2 is 1.95 bits per heavy atom. The number of nitrogens with two attached hydrogens (primary N) is 1. The first-order valence-corrected chi connectivity index (χ1v) is 6.02. The summed E-state index contributed by atoms with van der Waals surface area (Å²) in [4.78, 5) is 0. The van der Waals surface area contributed by atoms with Crippen LogP contribution in [0.2, 0.25) is 5.02 Å². The molecule has 0 bridgehead atoms. The standard InChI is InChI=1S/C14H13ClN2O2/c15-12-8-11(14(16)17-18)6-7-13(12)19-9-10-4-2-1-3-5-10/h1-8,18H,9H2,(H2,16,17). The Bertz CT molecular complexity index is 585. The second kappa shape index (κ2) is 6.11. The zero-order chi connectivity index (χ0) is 13.7. The molecular weight excluding hydrogens is 264 g/mol. The van der Waals surface area contributed by atoms with E-state index in [2.05, 4.69) is 5.16 Å². The van der Waals surface area contributed by atoms with E-state index in [0.717, 1.165) is 5.56 Å². The van der Waals surface area contributed by atoms with Gasteiger partial charge in [0, 0.05) is 5.56 Å². The Morgan fingerprint density at radius 1 is 1.21 bits per heavy atom. The van der Waals surface area contributed by atoms with Gasteiger partial charge in [-0.25, -0.2) is 0 Å². The predicted molar refractivity (Wildman–Crippen MR) is 74.7 cm³/mol. The second-order valence-corrected chi connectivity index (χ2v) is 4.31. The summed E-state index contributed by atoms with van der Waals surface area (Å²) < 4.78 is 5.62. The maximum Gasteiger partial charge on any atom is 0.170 e. The van der Waals surface area contributed by atoms with E-state index in [4.69, 9.17) is 27.3 Å². The lowest BCUT2D eigenvalue weighted by atomic mass is 10.2. The first-order valence-electron chi connectivity index (χ1n) is 5.65. The van der Waals surface area contributed by atoms with Gasteiger partial charge in [0.05, 0.1) is 5.02 Å². The summed E-state index contributed by atoms with van der Waals surface area (Å²) >= 11 is 6.08. The summed E-state index contributed by atoms with van der Waals surface area (Å²) in [5.74, 6) is 0.566. The van der Waals surface area contributed by atoms with Crippen LogP contribution in [0, 0.1) is 0 Å². The number of ether oxygens (including phenoxy) is 1. The Morgan fingerprint density at radius 3 is 2.58 bits per heavy atom. The summed E-state index contributed by atoms with van der Waals surface area (Å²) in [6.07, 6.45) is 0. The minimum Gasteiger partial charge on any atom is -0.487 e. The average Bonchev–Trinajstić information content (AvgIpc) is 2.46. The largest absolute Gasteiger partial charge is 0.487 e. The minimum absolute atomic E-state index is 0.0107. The molecular formula is C14H13ClN2O2. The van der Waals surface area contributed by atoms with Crippen LogP contribution in [0.15, 0.2) is 53.7 Å². The summed E-state index contributed by atoms with van der Waals surface area (Å²) in [6.45, 7) is 0.434. The third kappa shape index (κ3) is 3.39. The number of hydrogen-bond acceptors (Lipinski definition) is 3. The molecule has 0 atom stereocenters. The smallest absolute Gasteiger partial charge is 0.170 e. The summed E-state index contributed by atoms with van der Waals surface area (Å²) in [5.41, 5.74) is 7.07. The van der Waals surface area contributed by atoms with E-state index in [9.17, 15) is 0 Å². The van der Waals surface area contributed by atoms with E-state index >= 15 is 0 Å². The first-order chi connectivity index (χ1) is 9.20. The predicted octanol–water partition coefficient (Wildman–Crippen LogP) is 3.01. The summed E-state index contributed by atoms with van der Waals surface area (Å²) in [6, 6.07) is 14.8. The number of halogens is 1. The molecule has 5 heteroatoms. The molecule has 2 aromatic rings. The van der Waals surface area contributed by atoms with Crippen molar-refractivity contribution in [1.29, 1.82) is 0 Å². The molecule has 0 radical (unpaired) electrons. The van der Waals surface area contributed by atoms with E-state index < -0.39 is 0 Å². The normalized spacial score (nSPS) is 11.3. The summed E-state index contributed by atoms with van der Waals surface area (Å²) in [5, 5.41) is 11.9. The van der Waals surface area contributed by atoms with Crippen molar-refractivity contribution >= 4 is 17.4 Å². The Labute approximate surface area is 116 Å². The molecule has 0 heterocycles. The van der Waals surface area contributed by atoms with Crippen molar-refractivity contribution in [2.75, 3.05) is 0 Å². The van der Waals surface area contributed by atoms with Crippen LogP contribution in [0.5, 0.6) is 5.75 Å². The average molecular weight is 277 g/mol. The van der Waals surface area contributed by atoms with Gasteiger partial charge >= 0.3 is 0 Å². The van der Waals surface area contributed by atoms with Gasteiger partial charge in [-0.1, -0.05) is 47.1 Å². The molecule has 0 aliphatic heterocycles. The zero-order valence-electron chi connectivity index (χ0n) is 10.1. The van der Waals surface area contributed by atoms with E-state index in [1.54, 1.807) is 18.2 Å². The maximum atomic E-state index is 8.59. The highest BCUT2D eigenvalue weighted by Crippen LogP contribution is 2.26. The van der Waals surface area contributed by atoms with Crippen molar-refractivity contribution in [3.63, 3.8) is 0 Å². The molecule has 0 amide bonds. The highest BCUT2D eigenvalue weighted by molar-refractivity contribution is 6.32. The van der Waals surface area contributed by atoms with Gasteiger partial charge in [0.25, 0.3) is 0 Å². The Balaban J connectivity index is 2.10. The number of rotatable bonds is 4. The number of benzene rings is 2. The Kier molecular flexibility index (Phi) is 4.26. The van der Waals surface area contributed by atoms with Gasteiger partial charge in [0.15, 0.2) is 5.84 Å². The van der Waals surface area contributed by atoms with E-state index in [0.29, 0.717) is 22.9 Å². The number of hydrogen-bond donors (Lipinski definition) is 2. The molecule has 3 N–H and O–H groups in total. The molecule has 4 nitrogen and oxygen atoms in total. The van der Waals surface area contributed by atoms with Crippen LogP contribution in [0.1, 0.15) is 11.1 Å². The SMILES string of the molecule is NC(=NO)c1ccc(OCc2ccccc2)c(Cl)c1. The number of oxime groups is 1. The third-order valence-electron chi connectivity index (χ3n) is 2.57. The molecule has 98 valence electrons. The molecule has 0 fully saturated rings. The van der Waals surface area contributed by atoms with Crippen molar-refractivity contribution < 1.29 is 9.94 Å². The molecule has 0 aliphatic carbocycles. The van der Waals surface area contributed by atoms with Crippen LogP contribution in [0.4, 0.5) is 0 Å². The fourth-order valence-electron chi connectivity index (χ4n) is 1.57. The molecule has 0 unspecified atom stereocenters. The quantitative estimate of drug-likeness (QED) is 0.390. The molecule has 0 spiro atoms. The molecule has 19 heavy (non-hydrogen) atoms. The Hall–Kier alpha value is -2.20. The minimum atomic E-state index is 0.0107. The molecule has 2 aromatic carbocycles. The van der Waals surface area contributed by atoms with E-state index in [1.165, 1.54) is 0 Å². The van der Waals surface area contributed by atoms with Gasteiger partial charge < -0.3 is 15.7 Å². The van der Waals surface area contributed by atoms with Crippen LogP contribution in [0.3, 0.4) is 0 Å². The van der Waals surface area contributed by atoms with Gasteiger partial charge in [0.2, 0.25) is 0 Å². The molecule has 0 saturated carbocycles. The fraction of sp³-hybridized carbons (Fsp3) is 0.0714. The monoisotopic (exact) mass is 276 g/mol. The molecule has 0 aromatic heterocycles. The van der Waals surface area contributed by atoms with Crippen LogP contribution >= 0.6 is 11.6 Å². The highest BCUT2D eigenvalue weighted by Gasteiger charge is 2.06. The van der Waals surface area contributed by atoms with Crippen molar-refractivity contribution in [1.82, 2.24) is 0 Å². The highest BCUT2D eigenvalue weighted by atomic mass is 35.5. The van der Waals surface area contributed by atoms with Gasteiger partial charge in [-0.05, 0) is 23.8 Å². The first kappa shape index (κ1) is 13.2. The molecule has 0 saturated heterocycles. The zero-order valence-corrected chi connectivity index (χ0v) is 10.8. The summed E-state index contributed by atoms with van der Waals surface area (Å²) in [7, 11) is 0. The van der Waals surface area contributed by atoms with Crippen LogP contribution in [-0.2, 0) is 6.61 Å². The van der Waals surface area contributed by atoms with Crippen molar-refractivity contribution in [3.8, 4) is 5.75 Å². The molecule has 2 rings (SSSR count). The van der Waals surface area contributed by atoms with Gasteiger partial charge in [0.1, 0.15) is 12.4 Å². The topological polar surface area (TPSA) is 67.8 Å². The second-order valence-electron chi connectivity index (χ2n) is 3.90. The van der Waals surface area contributed by atoms with Crippen molar-refractivity contribution in [2.45, 2.75) is 6.61 Å². The van der Waals surface area contributed by atoms with Crippen molar-refractivity contribution in [2.24, 2.45) is 10.9 Å². The lowest BCUT2D eigenvalue weighted by Gasteiger charge is -2.09. The van der Waals surface area contributed by atoms with Crippen LogP contribution in [-0.4, -0.2) is 11.0 Å². The van der Waals surface area contributed by atoms with E-state index in [-0.39, 0.29) is 5.84 Å². The van der Waals surface area contributed by atoms with Crippen LogP contribution in [0.25, 0.3) is 0 Å². The third-order valence-corrected chi connectivity index (χ3v) is 2.87. The number of amidine groups is 1. The maximum absolute atomic E-state index is 8.59. The van der Waals surface area contributed by atoms with E-state index in [1.807, 2.05) is 30.3 Å². The van der Waals surface area contributed by atoms with Crippen LogP contribution < -0.4 is 10.5 Å². The lowest BCUT2D eigenvalue weighted by Crippen LogP contribution is -2.12. The number of nitrogens with zero attached hydrogens (tertiary/aromatic N) is 1. The van der Waals surface area contributed by atoms with Gasteiger partial charge in [-0.15, -0.1) is 0 Å². The van der Waals surface area contributed by atoms with Gasteiger partial charge in [-0.3, -0.25) is 0 Å². The lowest BCUT2D eigenvalue weighted by molar-refractivity contribution is 0.306. The molecule has 0 aliphatic rings. The van der Waals surface area contributed by atoms with Crippen molar-refractivity contribution in [3.05, 3.63) is 64.7 Å².